The summed E-state index contributed by atoms with van der Waals surface area (Å²) < 4.78 is 0. The van der Waals surface area contributed by atoms with Crippen molar-refractivity contribution in [3.05, 3.63) is 0 Å². The molecule has 0 aromatic rings. The average Bonchev–Trinajstić information content (AvgIpc) is 1.92. The van der Waals surface area contributed by atoms with Gasteiger partial charge in [-0.1, -0.05) is 47.5 Å². The van der Waals surface area contributed by atoms with Gasteiger partial charge in [-0.2, -0.15) is 0 Å². The second-order valence-electron chi connectivity index (χ2n) is 5.74. The van der Waals surface area contributed by atoms with E-state index in [0.29, 0.717) is 5.41 Å². The third-order valence-electron chi connectivity index (χ3n) is 3.82. The van der Waals surface area contributed by atoms with Crippen LogP contribution in [0, 0.1) is 23.2 Å². The van der Waals surface area contributed by atoms with Gasteiger partial charge in [-0.25, -0.2) is 0 Å². The topological polar surface area (TPSA) is 0 Å². The maximum Gasteiger partial charge on any atom is -0.0337 e. The molecule has 0 amide bonds. The maximum atomic E-state index is 2.44. The molecule has 1 aliphatic carbocycles. The van der Waals surface area contributed by atoms with E-state index in [-0.39, 0.29) is 0 Å². The first-order valence-electron chi connectivity index (χ1n) is 5.43. The third kappa shape index (κ3) is 2.02. The maximum absolute atomic E-state index is 2.44. The zero-order valence-corrected chi connectivity index (χ0v) is 9.35. The van der Waals surface area contributed by atoms with Crippen LogP contribution in [0.2, 0.25) is 0 Å². The summed E-state index contributed by atoms with van der Waals surface area (Å²) in [7, 11) is 0. The van der Waals surface area contributed by atoms with Crippen LogP contribution < -0.4 is 0 Å². The molecular weight excluding hydrogens is 144 g/mol. The third-order valence-corrected chi connectivity index (χ3v) is 3.82. The molecule has 1 rings (SSSR count). The van der Waals surface area contributed by atoms with Crippen LogP contribution in [-0.4, -0.2) is 0 Å². The van der Waals surface area contributed by atoms with Crippen LogP contribution in [0.25, 0.3) is 0 Å². The molecule has 0 saturated heterocycles. The Hall–Kier alpha value is 0. The lowest BCUT2D eigenvalue weighted by molar-refractivity contribution is 0.0801. The van der Waals surface area contributed by atoms with Gasteiger partial charge in [0.25, 0.3) is 0 Å². The minimum atomic E-state index is 0.522. The van der Waals surface area contributed by atoms with Crippen molar-refractivity contribution in [2.24, 2.45) is 23.2 Å². The van der Waals surface area contributed by atoms with Crippen molar-refractivity contribution in [1.82, 2.24) is 0 Å². The number of hydrogen-bond acceptors (Lipinski definition) is 0. The molecule has 0 radical (unpaired) electrons. The molecule has 0 bridgehead atoms. The highest BCUT2D eigenvalue weighted by Gasteiger charge is 2.34. The lowest BCUT2D eigenvalue weighted by Crippen LogP contribution is -2.33. The Morgan fingerprint density at radius 3 is 2.00 bits per heavy atom. The lowest BCUT2D eigenvalue weighted by atomic mass is 9.64. The Morgan fingerprint density at radius 1 is 1.00 bits per heavy atom. The summed E-state index contributed by atoms with van der Waals surface area (Å²) in [5.74, 6) is 2.82. The minimum absolute atomic E-state index is 0.522. The van der Waals surface area contributed by atoms with Gasteiger partial charge in [0.05, 0.1) is 0 Å². The summed E-state index contributed by atoms with van der Waals surface area (Å²) in [5, 5.41) is 0. The second-order valence-corrected chi connectivity index (χ2v) is 5.74. The molecule has 0 aliphatic heterocycles. The minimum Gasteiger partial charge on any atom is -0.0622 e. The second kappa shape index (κ2) is 3.40. The zero-order chi connectivity index (χ0) is 9.35. The zero-order valence-electron chi connectivity index (χ0n) is 9.35. The van der Waals surface area contributed by atoms with Crippen molar-refractivity contribution in [2.75, 3.05) is 0 Å². The van der Waals surface area contributed by atoms with Gasteiger partial charge in [0.15, 0.2) is 0 Å². The van der Waals surface area contributed by atoms with Crippen LogP contribution in [0.1, 0.15) is 53.9 Å². The first-order chi connectivity index (χ1) is 5.43. The van der Waals surface area contributed by atoms with E-state index in [2.05, 4.69) is 34.6 Å². The molecule has 0 spiro atoms. The Bertz CT molecular complexity index is 141. The molecule has 1 aliphatic rings. The van der Waals surface area contributed by atoms with Gasteiger partial charge in [-0.3, -0.25) is 0 Å². The molecule has 1 unspecified atom stereocenters. The van der Waals surface area contributed by atoms with E-state index in [1.54, 1.807) is 0 Å². The highest BCUT2D eigenvalue weighted by molar-refractivity contribution is 4.84. The predicted molar refractivity (Wildman–Crippen MR) is 55.1 cm³/mol. The largest absolute Gasteiger partial charge is 0.0622 e. The van der Waals surface area contributed by atoms with E-state index in [0.717, 1.165) is 17.8 Å². The molecule has 0 nitrogen and oxygen atoms in total. The standard InChI is InChI=1S/C12H24/c1-9-7-6-8-11(10(9)2)12(3,4)5/h9-11H,6-8H2,1-5H3/t9?,10-,11-/m1/s1. The van der Waals surface area contributed by atoms with E-state index >= 15 is 0 Å². The summed E-state index contributed by atoms with van der Waals surface area (Å²) in [4.78, 5) is 0. The summed E-state index contributed by atoms with van der Waals surface area (Å²) in [6.45, 7) is 12.0. The van der Waals surface area contributed by atoms with E-state index in [1.165, 1.54) is 19.3 Å². The predicted octanol–water partition coefficient (Wildman–Crippen LogP) is 4.10. The van der Waals surface area contributed by atoms with Gasteiger partial charge in [-0.05, 0) is 29.6 Å². The smallest absolute Gasteiger partial charge is 0.0337 e. The van der Waals surface area contributed by atoms with Gasteiger partial charge < -0.3 is 0 Å². The molecule has 12 heavy (non-hydrogen) atoms. The fourth-order valence-corrected chi connectivity index (χ4v) is 2.80. The van der Waals surface area contributed by atoms with Crippen LogP contribution in [0.15, 0.2) is 0 Å². The number of rotatable bonds is 0. The van der Waals surface area contributed by atoms with E-state index in [9.17, 15) is 0 Å². The fourth-order valence-electron chi connectivity index (χ4n) is 2.80. The Labute approximate surface area is 77.7 Å². The number of hydrogen-bond donors (Lipinski definition) is 0. The molecule has 0 heterocycles. The van der Waals surface area contributed by atoms with Gasteiger partial charge in [0.2, 0.25) is 0 Å². The summed E-state index contributed by atoms with van der Waals surface area (Å²) in [6.07, 6.45) is 4.36. The molecule has 72 valence electrons. The van der Waals surface area contributed by atoms with Gasteiger partial charge in [-0.15, -0.1) is 0 Å². The highest BCUT2D eigenvalue weighted by Crippen LogP contribution is 2.43. The van der Waals surface area contributed by atoms with Crippen LogP contribution in [0.5, 0.6) is 0 Å². The Morgan fingerprint density at radius 2 is 1.58 bits per heavy atom. The first kappa shape index (κ1) is 10.1. The van der Waals surface area contributed by atoms with Gasteiger partial charge >= 0.3 is 0 Å². The average molecular weight is 168 g/mol. The van der Waals surface area contributed by atoms with Crippen molar-refractivity contribution in [2.45, 2.75) is 53.9 Å². The molecule has 3 atom stereocenters. The summed E-state index contributed by atoms with van der Waals surface area (Å²) >= 11 is 0. The normalized spacial score (nSPS) is 38.2. The van der Waals surface area contributed by atoms with Gasteiger partial charge in [0, 0.05) is 0 Å². The van der Waals surface area contributed by atoms with Crippen molar-refractivity contribution >= 4 is 0 Å². The van der Waals surface area contributed by atoms with Crippen molar-refractivity contribution in [3.63, 3.8) is 0 Å². The van der Waals surface area contributed by atoms with E-state index < -0.39 is 0 Å². The molecule has 1 fully saturated rings. The molecular formula is C12H24. The molecule has 0 aromatic heterocycles. The van der Waals surface area contributed by atoms with Crippen molar-refractivity contribution < 1.29 is 0 Å². The van der Waals surface area contributed by atoms with E-state index in [4.69, 9.17) is 0 Å². The summed E-state index contributed by atoms with van der Waals surface area (Å²) in [5.41, 5.74) is 0.522. The summed E-state index contributed by atoms with van der Waals surface area (Å²) in [6, 6.07) is 0. The van der Waals surface area contributed by atoms with Crippen LogP contribution in [0.4, 0.5) is 0 Å². The fraction of sp³-hybridized carbons (Fsp3) is 1.00. The van der Waals surface area contributed by atoms with Crippen LogP contribution >= 0.6 is 0 Å². The SMILES string of the molecule is CC1CCC[C@@H](C(C)(C)C)[C@@H]1C. The highest BCUT2D eigenvalue weighted by atomic mass is 14.4. The van der Waals surface area contributed by atoms with E-state index in [1.807, 2.05) is 0 Å². The lowest BCUT2D eigenvalue weighted by Gasteiger charge is -2.42. The van der Waals surface area contributed by atoms with Crippen LogP contribution in [-0.2, 0) is 0 Å². The molecule has 1 saturated carbocycles. The van der Waals surface area contributed by atoms with Crippen LogP contribution in [0.3, 0.4) is 0 Å². The Balaban J connectivity index is 2.64. The first-order valence-corrected chi connectivity index (χ1v) is 5.43. The van der Waals surface area contributed by atoms with Gasteiger partial charge in [0.1, 0.15) is 0 Å². The molecule has 0 N–H and O–H groups in total. The quantitative estimate of drug-likeness (QED) is 0.511. The molecule has 0 heteroatoms. The van der Waals surface area contributed by atoms with Crippen molar-refractivity contribution in [3.8, 4) is 0 Å². The molecule has 0 aromatic carbocycles. The monoisotopic (exact) mass is 168 g/mol. The van der Waals surface area contributed by atoms with Crippen molar-refractivity contribution in [1.29, 1.82) is 0 Å². The Kier molecular flexibility index (Phi) is 2.85.